The van der Waals surface area contributed by atoms with Crippen LogP contribution < -0.4 is 10.2 Å². The average Bonchev–Trinajstić information content (AvgIpc) is 2.82. The van der Waals surface area contributed by atoms with Gasteiger partial charge < -0.3 is 5.32 Å². The van der Waals surface area contributed by atoms with Gasteiger partial charge in [0.1, 0.15) is 5.54 Å². The number of carbonyl (C=O) groups excluding carboxylic acids is 2. The summed E-state index contributed by atoms with van der Waals surface area (Å²) < 4.78 is 28.2. The van der Waals surface area contributed by atoms with Crippen molar-refractivity contribution in [2.45, 2.75) is 76.3 Å². The number of anilines is 1. The van der Waals surface area contributed by atoms with Crippen molar-refractivity contribution in [3.63, 3.8) is 0 Å². The van der Waals surface area contributed by atoms with E-state index in [2.05, 4.69) is 5.32 Å². The van der Waals surface area contributed by atoms with E-state index in [1.807, 2.05) is 39.0 Å². The lowest BCUT2D eigenvalue weighted by Gasteiger charge is -2.47. The average molecular weight is 498 g/mol. The van der Waals surface area contributed by atoms with Crippen molar-refractivity contribution in [1.82, 2.24) is 9.62 Å². The fourth-order valence-corrected chi connectivity index (χ4v) is 6.62. The van der Waals surface area contributed by atoms with E-state index in [0.717, 1.165) is 53.1 Å². The van der Waals surface area contributed by atoms with Crippen molar-refractivity contribution < 1.29 is 18.0 Å². The van der Waals surface area contributed by atoms with Gasteiger partial charge in [0.2, 0.25) is 21.8 Å². The predicted octanol–water partition coefficient (Wildman–Crippen LogP) is 3.86. The highest BCUT2D eigenvalue weighted by Crippen LogP contribution is 2.35. The number of hydrogen-bond donors (Lipinski definition) is 1. The summed E-state index contributed by atoms with van der Waals surface area (Å²) in [5, 5.41) is 3.15. The number of rotatable bonds is 5. The minimum Gasteiger partial charge on any atom is -0.351 e. The minimum absolute atomic E-state index is 0.0349. The molecular formula is C27H35N3O4S. The summed E-state index contributed by atoms with van der Waals surface area (Å²) >= 11 is 0. The maximum absolute atomic E-state index is 13.8. The fraction of sp³-hybridized carbons (Fsp3) is 0.481. The molecule has 1 N–H and O–H groups in total. The third-order valence-corrected chi connectivity index (χ3v) is 9.25. The lowest BCUT2D eigenvalue weighted by atomic mass is 9.90. The summed E-state index contributed by atoms with van der Waals surface area (Å²) in [7, 11) is -3.97. The number of amides is 2. The van der Waals surface area contributed by atoms with E-state index in [1.54, 1.807) is 31.2 Å². The van der Waals surface area contributed by atoms with E-state index >= 15 is 0 Å². The number of aryl methyl sites for hydroxylation is 2. The Balaban J connectivity index is 1.75. The van der Waals surface area contributed by atoms with E-state index in [4.69, 9.17) is 0 Å². The highest BCUT2D eigenvalue weighted by Gasteiger charge is 2.51. The molecular weight excluding hydrogens is 462 g/mol. The number of sulfonamides is 1. The highest BCUT2D eigenvalue weighted by molar-refractivity contribution is 7.89. The van der Waals surface area contributed by atoms with Gasteiger partial charge in [-0.05, 0) is 69.9 Å². The van der Waals surface area contributed by atoms with Gasteiger partial charge in [-0.15, -0.1) is 0 Å². The Labute approximate surface area is 208 Å². The first-order valence-corrected chi connectivity index (χ1v) is 13.7. The van der Waals surface area contributed by atoms with Crippen molar-refractivity contribution in [3.8, 4) is 0 Å². The molecule has 1 saturated carbocycles. The Bertz CT molecular complexity index is 1220. The van der Waals surface area contributed by atoms with Crippen LogP contribution in [0.1, 0.15) is 55.7 Å². The quantitative estimate of drug-likeness (QED) is 0.680. The molecule has 1 aliphatic heterocycles. The number of carbonyl (C=O) groups is 2. The minimum atomic E-state index is -3.97. The van der Waals surface area contributed by atoms with Gasteiger partial charge in [0, 0.05) is 18.3 Å². The Hall–Kier alpha value is -2.71. The largest absolute Gasteiger partial charge is 0.351 e. The SMILES string of the molecule is Cc1ccc(S(=O)(=O)N2CC(=O)N(c3cccc(C)c3C)[C@@](C)(C(=O)NC3CCCCC3)C2)cc1. The molecule has 2 aromatic carbocycles. The summed E-state index contributed by atoms with van der Waals surface area (Å²) in [5.41, 5.74) is 2.08. The molecule has 0 radical (unpaired) electrons. The summed E-state index contributed by atoms with van der Waals surface area (Å²) in [6.45, 7) is 7.00. The Morgan fingerprint density at radius 3 is 2.31 bits per heavy atom. The molecule has 8 heteroatoms. The van der Waals surface area contributed by atoms with Gasteiger partial charge in [-0.3, -0.25) is 14.5 Å². The standard InChI is InChI=1S/C27H35N3O4S/c1-19-13-15-23(16-14-19)35(33,34)29-17-25(31)30(24-12-8-9-20(2)21(24)3)27(4,18-29)26(32)28-22-10-6-5-7-11-22/h8-9,12-16,22H,5-7,10-11,17-18H2,1-4H3,(H,28,32)/t27-/m1/s1. The molecule has 7 nitrogen and oxygen atoms in total. The summed E-state index contributed by atoms with van der Waals surface area (Å²) in [6.07, 6.45) is 5.04. The summed E-state index contributed by atoms with van der Waals surface area (Å²) in [4.78, 5) is 29.1. The van der Waals surface area contributed by atoms with E-state index in [9.17, 15) is 18.0 Å². The molecule has 1 atom stereocenters. The van der Waals surface area contributed by atoms with Crippen molar-refractivity contribution in [2.75, 3.05) is 18.0 Å². The third-order valence-electron chi connectivity index (χ3n) is 7.44. The molecule has 0 unspecified atom stereocenters. The molecule has 188 valence electrons. The predicted molar refractivity (Wildman–Crippen MR) is 137 cm³/mol. The van der Waals surface area contributed by atoms with Gasteiger partial charge in [0.05, 0.1) is 11.4 Å². The van der Waals surface area contributed by atoms with Crippen LogP contribution in [0.3, 0.4) is 0 Å². The molecule has 1 saturated heterocycles. The molecule has 0 spiro atoms. The van der Waals surface area contributed by atoms with Crippen LogP contribution in [0.5, 0.6) is 0 Å². The second-order valence-electron chi connectivity index (χ2n) is 10.1. The monoisotopic (exact) mass is 497 g/mol. The molecule has 2 fully saturated rings. The van der Waals surface area contributed by atoms with E-state index in [-0.39, 0.29) is 29.9 Å². The molecule has 0 bridgehead atoms. The zero-order valence-electron chi connectivity index (χ0n) is 21.0. The van der Waals surface area contributed by atoms with Crippen molar-refractivity contribution in [3.05, 3.63) is 59.2 Å². The number of nitrogens with zero attached hydrogens (tertiary/aromatic N) is 2. The lowest BCUT2D eigenvalue weighted by Crippen LogP contribution is -2.71. The number of nitrogens with one attached hydrogen (secondary N) is 1. The molecule has 2 amide bonds. The summed E-state index contributed by atoms with van der Waals surface area (Å²) in [6, 6.07) is 12.2. The zero-order valence-corrected chi connectivity index (χ0v) is 21.8. The van der Waals surface area contributed by atoms with Crippen LogP contribution in [0, 0.1) is 20.8 Å². The van der Waals surface area contributed by atoms with E-state index < -0.39 is 21.5 Å². The topological polar surface area (TPSA) is 86.8 Å². The van der Waals surface area contributed by atoms with Crippen molar-refractivity contribution in [1.29, 1.82) is 0 Å². The molecule has 4 rings (SSSR count). The second-order valence-corrected chi connectivity index (χ2v) is 12.1. The van der Waals surface area contributed by atoms with Gasteiger partial charge in [-0.25, -0.2) is 8.42 Å². The first kappa shape index (κ1) is 25.4. The first-order valence-electron chi connectivity index (χ1n) is 12.3. The van der Waals surface area contributed by atoms with Gasteiger partial charge >= 0.3 is 0 Å². The van der Waals surface area contributed by atoms with Crippen molar-refractivity contribution in [2.24, 2.45) is 0 Å². The van der Waals surface area contributed by atoms with E-state index in [0.29, 0.717) is 5.69 Å². The molecule has 2 aromatic rings. The molecule has 35 heavy (non-hydrogen) atoms. The van der Waals surface area contributed by atoms with Gasteiger partial charge in [0.25, 0.3) is 0 Å². The second kappa shape index (κ2) is 9.74. The Morgan fingerprint density at radius 2 is 1.66 bits per heavy atom. The van der Waals surface area contributed by atoms with Crippen molar-refractivity contribution >= 4 is 27.5 Å². The summed E-state index contributed by atoms with van der Waals surface area (Å²) in [5.74, 6) is -0.732. The lowest BCUT2D eigenvalue weighted by molar-refractivity contribution is -0.133. The smallest absolute Gasteiger partial charge is 0.247 e. The van der Waals surface area contributed by atoms with Crippen LogP contribution in [0.4, 0.5) is 5.69 Å². The maximum atomic E-state index is 13.8. The Morgan fingerprint density at radius 1 is 1.00 bits per heavy atom. The number of piperazine rings is 1. The first-order chi connectivity index (χ1) is 16.5. The van der Waals surface area contributed by atoms with Crippen LogP contribution in [0.25, 0.3) is 0 Å². The van der Waals surface area contributed by atoms with E-state index in [1.165, 1.54) is 4.90 Å². The van der Waals surface area contributed by atoms with Crippen LogP contribution in [-0.2, 0) is 19.6 Å². The molecule has 1 aliphatic carbocycles. The fourth-order valence-electron chi connectivity index (χ4n) is 5.14. The molecule has 1 heterocycles. The maximum Gasteiger partial charge on any atom is 0.247 e. The molecule has 2 aliphatic rings. The van der Waals surface area contributed by atoms with Crippen LogP contribution >= 0.6 is 0 Å². The van der Waals surface area contributed by atoms with Gasteiger partial charge in [-0.1, -0.05) is 49.1 Å². The molecule has 0 aromatic heterocycles. The third kappa shape index (κ3) is 4.86. The Kier molecular flexibility index (Phi) is 7.06. The normalized spacial score (nSPS) is 22.3. The number of benzene rings is 2. The van der Waals surface area contributed by atoms with Crippen LogP contribution in [0.15, 0.2) is 47.4 Å². The van der Waals surface area contributed by atoms with Crippen LogP contribution in [0.2, 0.25) is 0 Å². The zero-order chi connectivity index (χ0) is 25.4. The van der Waals surface area contributed by atoms with Crippen LogP contribution in [-0.4, -0.2) is 49.2 Å². The number of hydrogen-bond acceptors (Lipinski definition) is 4. The van der Waals surface area contributed by atoms with Gasteiger partial charge in [0.15, 0.2) is 0 Å². The van der Waals surface area contributed by atoms with Gasteiger partial charge in [-0.2, -0.15) is 4.31 Å². The highest BCUT2D eigenvalue weighted by atomic mass is 32.2.